The second-order valence-electron chi connectivity index (χ2n) is 4.96. The van der Waals surface area contributed by atoms with Gasteiger partial charge in [-0.15, -0.1) is 0 Å². The van der Waals surface area contributed by atoms with Crippen molar-refractivity contribution in [1.82, 2.24) is 10.7 Å². The lowest BCUT2D eigenvalue weighted by molar-refractivity contribution is -0.120. The van der Waals surface area contributed by atoms with E-state index in [1.54, 1.807) is 0 Å². The van der Waals surface area contributed by atoms with Gasteiger partial charge in [0.2, 0.25) is 5.91 Å². The molecule has 106 valence electrons. The fourth-order valence-corrected chi connectivity index (χ4v) is 2.56. The highest BCUT2D eigenvalue weighted by atomic mass is 16.2. The minimum Gasteiger partial charge on any atom is -0.348 e. The molecule has 3 rings (SSSR count). The highest BCUT2D eigenvalue weighted by molar-refractivity contribution is 5.99. The second-order valence-corrected chi connectivity index (χ2v) is 4.96. The second kappa shape index (κ2) is 5.38. The van der Waals surface area contributed by atoms with Crippen molar-refractivity contribution in [2.75, 3.05) is 0 Å². The van der Waals surface area contributed by atoms with E-state index in [-0.39, 0.29) is 18.2 Å². The molecule has 0 saturated heterocycles. The zero-order valence-corrected chi connectivity index (χ0v) is 11.3. The molecule has 2 aromatic rings. The SMILES string of the molecule is NNC(=O)Cc1ccccc1-c1ccc2c(c1)C(=O)NC2. The van der Waals surface area contributed by atoms with Gasteiger partial charge in [0.25, 0.3) is 5.91 Å². The molecule has 0 aliphatic carbocycles. The molecule has 5 nitrogen and oxygen atoms in total. The fraction of sp³-hybridized carbons (Fsp3) is 0.125. The van der Waals surface area contributed by atoms with Crippen LogP contribution in [0.25, 0.3) is 11.1 Å². The van der Waals surface area contributed by atoms with Crippen LogP contribution in [0.5, 0.6) is 0 Å². The summed E-state index contributed by atoms with van der Waals surface area (Å²) in [5.41, 5.74) is 6.57. The standard InChI is InChI=1S/C16H15N3O2/c17-19-15(20)8-10-3-1-2-4-13(10)11-5-6-12-9-18-16(21)14(12)7-11/h1-7H,8-9,17H2,(H,18,21)(H,19,20). The van der Waals surface area contributed by atoms with Crippen LogP contribution in [0, 0.1) is 0 Å². The first-order valence-electron chi connectivity index (χ1n) is 6.68. The van der Waals surface area contributed by atoms with E-state index >= 15 is 0 Å². The maximum absolute atomic E-state index is 11.8. The van der Waals surface area contributed by atoms with E-state index in [2.05, 4.69) is 10.7 Å². The molecular formula is C16H15N3O2. The highest BCUT2D eigenvalue weighted by Crippen LogP contribution is 2.28. The van der Waals surface area contributed by atoms with Gasteiger partial charge in [-0.3, -0.25) is 15.0 Å². The number of rotatable bonds is 3. The van der Waals surface area contributed by atoms with Crippen molar-refractivity contribution in [3.05, 3.63) is 59.2 Å². The van der Waals surface area contributed by atoms with Crippen LogP contribution in [-0.4, -0.2) is 11.8 Å². The molecule has 0 atom stereocenters. The quantitative estimate of drug-likeness (QED) is 0.448. The summed E-state index contributed by atoms with van der Waals surface area (Å²) in [5.74, 6) is 4.85. The summed E-state index contributed by atoms with van der Waals surface area (Å²) in [5, 5.41) is 2.80. The molecule has 0 bridgehead atoms. The molecule has 2 amide bonds. The van der Waals surface area contributed by atoms with E-state index < -0.39 is 0 Å². The Labute approximate surface area is 122 Å². The van der Waals surface area contributed by atoms with Crippen molar-refractivity contribution in [3.8, 4) is 11.1 Å². The topological polar surface area (TPSA) is 84.2 Å². The Balaban J connectivity index is 2.03. The number of hydrazine groups is 1. The lowest BCUT2D eigenvalue weighted by Gasteiger charge is -2.10. The average Bonchev–Trinajstić information content (AvgIpc) is 2.88. The molecule has 0 fully saturated rings. The summed E-state index contributed by atoms with van der Waals surface area (Å²) in [7, 11) is 0. The van der Waals surface area contributed by atoms with Crippen LogP contribution < -0.4 is 16.6 Å². The van der Waals surface area contributed by atoms with Crippen LogP contribution in [-0.2, 0) is 17.8 Å². The molecule has 0 saturated carbocycles. The normalized spacial score (nSPS) is 12.7. The van der Waals surface area contributed by atoms with Crippen molar-refractivity contribution in [2.45, 2.75) is 13.0 Å². The maximum atomic E-state index is 11.8. The summed E-state index contributed by atoms with van der Waals surface area (Å²) in [6.07, 6.45) is 0.204. The van der Waals surface area contributed by atoms with E-state index in [1.807, 2.05) is 42.5 Å². The van der Waals surface area contributed by atoms with E-state index in [4.69, 9.17) is 5.84 Å². The summed E-state index contributed by atoms with van der Waals surface area (Å²) < 4.78 is 0. The molecule has 0 radical (unpaired) electrons. The Morgan fingerprint density at radius 2 is 2.00 bits per heavy atom. The Kier molecular flexibility index (Phi) is 3.41. The molecule has 0 aromatic heterocycles. The summed E-state index contributed by atoms with van der Waals surface area (Å²) in [4.78, 5) is 23.3. The zero-order chi connectivity index (χ0) is 14.8. The van der Waals surface area contributed by atoms with Crippen LogP contribution in [0.4, 0.5) is 0 Å². The number of nitrogens with one attached hydrogen (secondary N) is 2. The maximum Gasteiger partial charge on any atom is 0.251 e. The van der Waals surface area contributed by atoms with E-state index in [9.17, 15) is 9.59 Å². The van der Waals surface area contributed by atoms with Gasteiger partial charge in [0.1, 0.15) is 0 Å². The molecule has 1 aliphatic heterocycles. The van der Waals surface area contributed by atoms with Gasteiger partial charge in [0.15, 0.2) is 0 Å². The van der Waals surface area contributed by atoms with Gasteiger partial charge in [-0.25, -0.2) is 5.84 Å². The van der Waals surface area contributed by atoms with Gasteiger partial charge in [-0.2, -0.15) is 0 Å². The van der Waals surface area contributed by atoms with Crippen molar-refractivity contribution in [2.24, 2.45) is 5.84 Å². The molecular weight excluding hydrogens is 266 g/mol. The van der Waals surface area contributed by atoms with Crippen LogP contribution in [0.15, 0.2) is 42.5 Å². The van der Waals surface area contributed by atoms with Crippen LogP contribution in [0.1, 0.15) is 21.5 Å². The van der Waals surface area contributed by atoms with E-state index in [0.29, 0.717) is 12.1 Å². The lowest BCUT2D eigenvalue weighted by atomic mass is 9.95. The van der Waals surface area contributed by atoms with Crippen LogP contribution in [0.3, 0.4) is 0 Å². The summed E-state index contributed by atoms with van der Waals surface area (Å²) in [6.45, 7) is 0.575. The molecule has 1 aliphatic rings. The first-order chi connectivity index (χ1) is 10.2. The Hall–Kier alpha value is -2.66. The number of carbonyl (C=O) groups excluding carboxylic acids is 2. The molecule has 4 N–H and O–H groups in total. The number of hydrogen-bond acceptors (Lipinski definition) is 3. The molecule has 2 aromatic carbocycles. The molecule has 0 unspecified atom stereocenters. The van der Waals surface area contributed by atoms with Crippen molar-refractivity contribution in [3.63, 3.8) is 0 Å². The molecule has 5 heteroatoms. The monoisotopic (exact) mass is 281 g/mol. The number of benzene rings is 2. The molecule has 1 heterocycles. The summed E-state index contributed by atoms with van der Waals surface area (Å²) in [6, 6.07) is 13.4. The molecule has 21 heavy (non-hydrogen) atoms. The van der Waals surface area contributed by atoms with Gasteiger partial charge in [0, 0.05) is 12.1 Å². The van der Waals surface area contributed by atoms with Gasteiger partial charge in [-0.05, 0) is 28.3 Å². The Bertz CT molecular complexity index is 725. The van der Waals surface area contributed by atoms with Crippen molar-refractivity contribution >= 4 is 11.8 Å². The van der Waals surface area contributed by atoms with E-state index in [0.717, 1.165) is 22.3 Å². The first-order valence-corrected chi connectivity index (χ1v) is 6.68. The number of nitrogens with two attached hydrogens (primary N) is 1. The highest BCUT2D eigenvalue weighted by Gasteiger charge is 2.19. The minimum atomic E-state index is -0.249. The van der Waals surface area contributed by atoms with Gasteiger partial charge in [-0.1, -0.05) is 36.4 Å². The van der Waals surface area contributed by atoms with Gasteiger partial charge >= 0.3 is 0 Å². The smallest absolute Gasteiger partial charge is 0.251 e. The minimum absolute atomic E-state index is 0.0518. The number of carbonyl (C=O) groups is 2. The summed E-state index contributed by atoms with van der Waals surface area (Å²) >= 11 is 0. The zero-order valence-electron chi connectivity index (χ0n) is 11.3. The average molecular weight is 281 g/mol. The first kappa shape index (κ1) is 13.3. The molecule has 0 spiro atoms. The number of amides is 2. The predicted molar refractivity (Wildman–Crippen MR) is 79.1 cm³/mol. The van der Waals surface area contributed by atoms with Crippen LogP contribution in [0.2, 0.25) is 0 Å². The Morgan fingerprint density at radius 3 is 2.81 bits per heavy atom. The predicted octanol–water partition coefficient (Wildman–Crippen LogP) is 1.13. The van der Waals surface area contributed by atoms with Crippen molar-refractivity contribution in [1.29, 1.82) is 0 Å². The number of fused-ring (bicyclic) bond motifs is 1. The Morgan fingerprint density at radius 1 is 1.19 bits per heavy atom. The number of hydrogen-bond donors (Lipinski definition) is 3. The van der Waals surface area contributed by atoms with Gasteiger partial charge < -0.3 is 5.32 Å². The van der Waals surface area contributed by atoms with E-state index in [1.165, 1.54) is 0 Å². The third-order valence-corrected chi connectivity index (χ3v) is 3.63. The van der Waals surface area contributed by atoms with Crippen molar-refractivity contribution < 1.29 is 9.59 Å². The fourth-order valence-electron chi connectivity index (χ4n) is 2.56. The third-order valence-electron chi connectivity index (χ3n) is 3.63. The third kappa shape index (κ3) is 2.51. The van der Waals surface area contributed by atoms with Gasteiger partial charge in [0.05, 0.1) is 6.42 Å². The lowest BCUT2D eigenvalue weighted by Crippen LogP contribution is -2.31. The largest absolute Gasteiger partial charge is 0.348 e. The van der Waals surface area contributed by atoms with Crippen LogP contribution >= 0.6 is 0 Å².